The van der Waals surface area contributed by atoms with Crippen molar-refractivity contribution in [2.24, 2.45) is 5.73 Å². The molecule has 1 atom stereocenters. The van der Waals surface area contributed by atoms with Crippen molar-refractivity contribution in [3.05, 3.63) is 59.4 Å². The highest BCUT2D eigenvalue weighted by atomic mass is 35.5. The lowest BCUT2D eigenvalue weighted by Crippen LogP contribution is -2.37. The molecule has 0 saturated carbocycles. The maximum atomic E-state index is 11.9. The highest BCUT2D eigenvalue weighted by molar-refractivity contribution is 6.32. The average molecular weight is 276 g/mol. The molecule has 0 fully saturated rings. The minimum atomic E-state index is -0.626. The van der Waals surface area contributed by atoms with Gasteiger partial charge in [-0.25, -0.2) is 4.98 Å². The molecule has 1 aromatic carbocycles. The van der Waals surface area contributed by atoms with Crippen molar-refractivity contribution in [2.75, 3.05) is 5.32 Å². The Bertz CT molecular complexity index is 560. The molecular formula is C14H14ClN3O. The standard InChI is InChI=1S/C14H14ClN3O/c15-13-12(7-4-8-17-13)18-14(19)11(16)9-10-5-2-1-3-6-10/h1-8,11H,9,16H2,(H,18,19)/t11-/m1/s1. The third kappa shape index (κ3) is 3.77. The lowest BCUT2D eigenvalue weighted by Gasteiger charge is -2.12. The summed E-state index contributed by atoms with van der Waals surface area (Å²) in [5.74, 6) is -0.279. The van der Waals surface area contributed by atoms with Crippen LogP contribution in [0.3, 0.4) is 0 Å². The van der Waals surface area contributed by atoms with Crippen LogP contribution in [0, 0.1) is 0 Å². The SMILES string of the molecule is N[C@H](Cc1ccccc1)C(=O)Nc1cccnc1Cl. The fourth-order valence-corrected chi connectivity index (χ4v) is 1.83. The predicted octanol–water partition coefficient (Wildman–Crippen LogP) is 2.24. The van der Waals surface area contributed by atoms with Gasteiger partial charge in [-0.05, 0) is 24.1 Å². The molecule has 1 heterocycles. The van der Waals surface area contributed by atoms with E-state index in [4.69, 9.17) is 17.3 Å². The first-order valence-electron chi connectivity index (χ1n) is 5.87. The maximum Gasteiger partial charge on any atom is 0.241 e. The summed E-state index contributed by atoms with van der Waals surface area (Å²) < 4.78 is 0. The molecular weight excluding hydrogens is 262 g/mol. The molecule has 98 valence electrons. The first-order chi connectivity index (χ1) is 9.16. The lowest BCUT2D eigenvalue weighted by atomic mass is 10.1. The average Bonchev–Trinajstić information content (AvgIpc) is 2.42. The van der Waals surface area contributed by atoms with E-state index in [1.807, 2.05) is 30.3 Å². The summed E-state index contributed by atoms with van der Waals surface area (Å²) in [6, 6.07) is 12.4. The number of nitrogens with zero attached hydrogens (tertiary/aromatic N) is 1. The third-order valence-electron chi connectivity index (χ3n) is 2.65. The molecule has 0 saturated heterocycles. The van der Waals surface area contributed by atoms with E-state index in [1.165, 1.54) is 0 Å². The topological polar surface area (TPSA) is 68.0 Å². The number of benzene rings is 1. The van der Waals surface area contributed by atoms with Crippen LogP contribution in [0.2, 0.25) is 5.15 Å². The van der Waals surface area contributed by atoms with Gasteiger partial charge in [0, 0.05) is 6.20 Å². The number of carbonyl (C=O) groups excluding carboxylic acids is 1. The van der Waals surface area contributed by atoms with Gasteiger partial charge in [0.1, 0.15) is 0 Å². The fraction of sp³-hybridized carbons (Fsp3) is 0.143. The van der Waals surface area contributed by atoms with Gasteiger partial charge in [-0.15, -0.1) is 0 Å². The molecule has 4 nitrogen and oxygen atoms in total. The summed E-state index contributed by atoms with van der Waals surface area (Å²) in [6.45, 7) is 0. The predicted molar refractivity (Wildman–Crippen MR) is 76.0 cm³/mol. The number of halogens is 1. The molecule has 0 unspecified atom stereocenters. The first-order valence-corrected chi connectivity index (χ1v) is 6.25. The van der Waals surface area contributed by atoms with Crippen LogP contribution in [0.25, 0.3) is 0 Å². The zero-order valence-corrected chi connectivity index (χ0v) is 11.0. The summed E-state index contributed by atoms with van der Waals surface area (Å²) in [4.78, 5) is 15.8. The molecule has 3 N–H and O–H groups in total. The second-order valence-electron chi connectivity index (χ2n) is 4.13. The van der Waals surface area contributed by atoms with Crippen LogP contribution < -0.4 is 11.1 Å². The van der Waals surface area contributed by atoms with Gasteiger partial charge in [0.15, 0.2) is 5.15 Å². The van der Waals surface area contributed by atoms with E-state index in [0.717, 1.165) is 5.56 Å². The van der Waals surface area contributed by atoms with E-state index in [-0.39, 0.29) is 11.1 Å². The normalized spacial score (nSPS) is 11.9. The van der Waals surface area contributed by atoms with Crippen LogP contribution >= 0.6 is 11.6 Å². The molecule has 0 bridgehead atoms. The van der Waals surface area contributed by atoms with Crippen LogP contribution in [0.4, 0.5) is 5.69 Å². The summed E-state index contributed by atoms with van der Waals surface area (Å²) in [6.07, 6.45) is 2.03. The van der Waals surface area contributed by atoms with E-state index in [9.17, 15) is 4.79 Å². The van der Waals surface area contributed by atoms with Crippen molar-refractivity contribution >= 4 is 23.2 Å². The zero-order chi connectivity index (χ0) is 13.7. The van der Waals surface area contributed by atoms with Crippen molar-refractivity contribution in [2.45, 2.75) is 12.5 Å². The Morgan fingerprint density at radius 2 is 2.00 bits per heavy atom. The highest BCUT2D eigenvalue weighted by Gasteiger charge is 2.15. The smallest absolute Gasteiger partial charge is 0.241 e. The number of hydrogen-bond acceptors (Lipinski definition) is 3. The van der Waals surface area contributed by atoms with E-state index in [2.05, 4.69) is 10.3 Å². The third-order valence-corrected chi connectivity index (χ3v) is 2.95. The largest absolute Gasteiger partial charge is 0.322 e. The minimum absolute atomic E-state index is 0.253. The second-order valence-corrected chi connectivity index (χ2v) is 4.49. The fourth-order valence-electron chi connectivity index (χ4n) is 1.67. The molecule has 0 spiro atoms. The van der Waals surface area contributed by atoms with E-state index in [0.29, 0.717) is 12.1 Å². The van der Waals surface area contributed by atoms with Gasteiger partial charge < -0.3 is 11.1 Å². The molecule has 1 aromatic heterocycles. The number of amides is 1. The summed E-state index contributed by atoms with van der Waals surface area (Å²) in [7, 11) is 0. The lowest BCUT2D eigenvalue weighted by molar-refractivity contribution is -0.117. The molecule has 0 aliphatic rings. The number of hydrogen-bond donors (Lipinski definition) is 2. The van der Waals surface area contributed by atoms with Crippen molar-refractivity contribution in [3.8, 4) is 0 Å². The molecule has 5 heteroatoms. The molecule has 0 aliphatic carbocycles. The van der Waals surface area contributed by atoms with Gasteiger partial charge in [-0.3, -0.25) is 4.79 Å². The quantitative estimate of drug-likeness (QED) is 0.841. The second kappa shape index (κ2) is 6.31. The van der Waals surface area contributed by atoms with E-state index >= 15 is 0 Å². The number of nitrogens with one attached hydrogen (secondary N) is 1. The Kier molecular flexibility index (Phi) is 4.49. The van der Waals surface area contributed by atoms with Crippen LogP contribution in [0.5, 0.6) is 0 Å². The van der Waals surface area contributed by atoms with Gasteiger partial charge in [0.05, 0.1) is 11.7 Å². The first kappa shape index (κ1) is 13.5. The summed E-state index contributed by atoms with van der Waals surface area (Å²) >= 11 is 5.87. The van der Waals surface area contributed by atoms with Gasteiger partial charge in [-0.1, -0.05) is 41.9 Å². The van der Waals surface area contributed by atoms with Crippen LogP contribution in [-0.2, 0) is 11.2 Å². The highest BCUT2D eigenvalue weighted by Crippen LogP contribution is 2.17. The van der Waals surface area contributed by atoms with E-state index in [1.54, 1.807) is 18.3 Å². The van der Waals surface area contributed by atoms with Crippen molar-refractivity contribution < 1.29 is 4.79 Å². The molecule has 2 rings (SSSR count). The van der Waals surface area contributed by atoms with Crippen LogP contribution in [0.1, 0.15) is 5.56 Å². The van der Waals surface area contributed by atoms with Gasteiger partial charge in [-0.2, -0.15) is 0 Å². The van der Waals surface area contributed by atoms with Crippen molar-refractivity contribution in [3.63, 3.8) is 0 Å². The van der Waals surface area contributed by atoms with Gasteiger partial charge >= 0.3 is 0 Å². The molecule has 0 radical (unpaired) electrons. The Morgan fingerprint density at radius 3 is 2.68 bits per heavy atom. The Labute approximate surface area is 116 Å². The van der Waals surface area contributed by atoms with Crippen LogP contribution in [-0.4, -0.2) is 16.9 Å². The molecule has 19 heavy (non-hydrogen) atoms. The van der Waals surface area contributed by atoms with Gasteiger partial charge in [0.2, 0.25) is 5.91 Å². The summed E-state index contributed by atoms with van der Waals surface area (Å²) in [5, 5.41) is 2.92. The molecule has 0 aliphatic heterocycles. The van der Waals surface area contributed by atoms with E-state index < -0.39 is 6.04 Å². The monoisotopic (exact) mass is 275 g/mol. The Morgan fingerprint density at radius 1 is 1.26 bits per heavy atom. The summed E-state index contributed by atoms with van der Waals surface area (Å²) in [5.41, 5.74) is 7.36. The Hall–Kier alpha value is -1.91. The zero-order valence-electron chi connectivity index (χ0n) is 10.2. The van der Waals surface area contributed by atoms with Crippen molar-refractivity contribution in [1.29, 1.82) is 0 Å². The maximum absolute atomic E-state index is 11.9. The Balaban J connectivity index is 1.99. The number of nitrogens with two attached hydrogens (primary N) is 1. The minimum Gasteiger partial charge on any atom is -0.322 e. The van der Waals surface area contributed by atoms with Crippen LogP contribution in [0.15, 0.2) is 48.7 Å². The van der Waals surface area contributed by atoms with Crippen molar-refractivity contribution in [1.82, 2.24) is 4.98 Å². The number of aromatic nitrogens is 1. The molecule has 1 amide bonds. The number of rotatable bonds is 4. The number of pyridine rings is 1. The number of carbonyl (C=O) groups is 1. The molecule has 2 aromatic rings. The van der Waals surface area contributed by atoms with Gasteiger partial charge in [0.25, 0.3) is 0 Å². The number of anilines is 1.